The number of amides is 2. The quantitative estimate of drug-likeness (QED) is 0.717. The van der Waals surface area contributed by atoms with E-state index >= 15 is 0 Å². The molecular formula is C19H25N5O3. The van der Waals surface area contributed by atoms with Gasteiger partial charge in [-0.2, -0.15) is 5.10 Å². The Morgan fingerprint density at radius 3 is 2.59 bits per heavy atom. The molecule has 8 nitrogen and oxygen atoms in total. The summed E-state index contributed by atoms with van der Waals surface area (Å²) in [6.07, 6.45) is 4.57. The summed E-state index contributed by atoms with van der Waals surface area (Å²) in [6, 6.07) is 8.40. The first kappa shape index (κ1) is 19.1. The molecule has 1 aromatic carbocycles. The van der Waals surface area contributed by atoms with E-state index in [4.69, 9.17) is 10.5 Å². The van der Waals surface area contributed by atoms with Gasteiger partial charge in [0, 0.05) is 43.5 Å². The zero-order chi connectivity index (χ0) is 19.3. The second kappa shape index (κ2) is 8.32. The number of nitrogens with one attached hydrogen (secondary N) is 2. The Kier molecular flexibility index (Phi) is 5.88. The molecule has 0 spiro atoms. The third-order valence-corrected chi connectivity index (χ3v) is 5.01. The van der Waals surface area contributed by atoms with E-state index in [9.17, 15) is 9.59 Å². The van der Waals surface area contributed by atoms with E-state index < -0.39 is 11.5 Å². The van der Waals surface area contributed by atoms with E-state index in [-0.39, 0.29) is 18.4 Å². The molecule has 1 fully saturated rings. The molecule has 27 heavy (non-hydrogen) atoms. The Hall–Kier alpha value is -2.71. The van der Waals surface area contributed by atoms with Crippen LogP contribution in [0.25, 0.3) is 0 Å². The Labute approximate surface area is 158 Å². The van der Waals surface area contributed by atoms with Gasteiger partial charge in [-0.25, -0.2) is 0 Å². The van der Waals surface area contributed by atoms with Gasteiger partial charge in [0.1, 0.15) is 6.04 Å². The molecule has 0 bridgehead atoms. The van der Waals surface area contributed by atoms with Crippen molar-refractivity contribution >= 4 is 23.2 Å². The summed E-state index contributed by atoms with van der Waals surface area (Å²) < 4.78 is 6.93. The molecule has 2 amide bonds. The molecule has 2 aromatic rings. The number of aromatic nitrogens is 2. The molecule has 1 aliphatic rings. The molecule has 0 aliphatic carbocycles. The normalized spacial score (nSPS) is 17.1. The number of rotatable bonds is 6. The first-order chi connectivity index (χ1) is 13.0. The smallest absolute Gasteiger partial charge is 0.248 e. The fraction of sp³-hybridized carbons (Fsp3) is 0.421. The van der Waals surface area contributed by atoms with Crippen molar-refractivity contribution in [3.63, 3.8) is 0 Å². The number of nitrogens with two attached hydrogens (primary N) is 1. The number of anilines is 2. The Morgan fingerprint density at radius 1 is 1.26 bits per heavy atom. The van der Waals surface area contributed by atoms with Gasteiger partial charge in [-0.05, 0) is 44.0 Å². The lowest BCUT2D eigenvalue weighted by Gasteiger charge is -2.34. The summed E-state index contributed by atoms with van der Waals surface area (Å²) in [5.41, 5.74) is 6.50. The summed E-state index contributed by atoms with van der Waals surface area (Å²) in [5.74, 6) is -0.299. The van der Waals surface area contributed by atoms with Crippen LogP contribution in [0.2, 0.25) is 0 Å². The van der Waals surface area contributed by atoms with Crippen LogP contribution in [0.15, 0.2) is 42.7 Å². The van der Waals surface area contributed by atoms with Crippen LogP contribution in [-0.2, 0) is 14.3 Å². The molecule has 3 rings (SSSR count). The lowest BCUT2D eigenvalue weighted by Crippen LogP contribution is -2.46. The van der Waals surface area contributed by atoms with Crippen LogP contribution in [0.4, 0.5) is 11.4 Å². The molecular weight excluding hydrogens is 346 g/mol. The van der Waals surface area contributed by atoms with Gasteiger partial charge in [0.2, 0.25) is 11.8 Å². The minimum Gasteiger partial charge on any atom is -0.381 e. The van der Waals surface area contributed by atoms with Gasteiger partial charge in [0.15, 0.2) is 0 Å². The first-order valence-corrected chi connectivity index (χ1v) is 9.03. The molecule has 1 aromatic heterocycles. The molecule has 1 saturated heterocycles. The number of carbonyl (C=O) groups is 2. The molecule has 1 aliphatic heterocycles. The highest BCUT2D eigenvalue weighted by Gasteiger charge is 2.38. The first-order valence-electron chi connectivity index (χ1n) is 9.03. The second-order valence-corrected chi connectivity index (χ2v) is 6.78. The minimum atomic E-state index is -0.605. The molecule has 4 N–H and O–H groups in total. The molecule has 1 atom stereocenters. The van der Waals surface area contributed by atoms with Gasteiger partial charge in [-0.15, -0.1) is 0 Å². The van der Waals surface area contributed by atoms with Crippen molar-refractivity contribution in [3.8, 4) is 0 Å². The Bertz CT molecular complexity index is 784. The highest BCUT2D eigenvalue weighted by atomic mass is 16.5. The van der Waals surface area contributed by atoms with Gasteiger partial charge in [0.25, 0.3) is 0 Å². The maximum atomic E-state index is 12.8. The molecule has 0 radical (unpaired) electrons. The van der Waals surface area contributed by atoms with Crippen molar-refractivity contribution in [2.24, 2.45) is 11.1 Å². The number of carbonyl (C=O) groups excluding carboxylic acids is 2. The number of hydrogen-bond acceptors (Lipinski definition) is 5. The van der Waals surface area contributed by atoms with Crippen molar-refractivity contribution < 1.29 is 14.3 Å². The summed E-state index contributed by atoms with van der Waals surface area (Å²) in [6.45, 7) is 3.11. The van der Waals surface area contributed by atoms with Crippen LogP contribution in [0.3, 0.4) is 0 Å². The third kappa shape index (κ3) is 4.35. The SMILES string of the molecule is CC(C(=O)Nc1cccc(NC(=O)C2(CN)CCOCC2)c1)n1cccn1. The van der Waals surface area contributed by atoms with Crippen LogP contribution in [-0.4, -0.2) is 41.4 Å². The largest absolute Gasteiger partial charge is 0.381 e. The topological polar surface area (TPSA) is 111 Å². The van der Waals surface area contributed by atoms with E-state index in [1.807, 2.05) is 0 Å². The molecule has 1 unspecified atom stereocenters. The van der Waals surface area contributed by atoms with E-state index in [2.05, 4.69) is 15.7 Å². The van der Waals surface area contributed by atoms with Crippen LogP contribution in [0, 0.1) is 5.41 Å². The highest BCUT2D eigenvalue weighted by Crippen LogP contribution is 2.31. The number of hydrogen-bond donors (Lipinski definition) is 3. The predicted octanol–water partition coefficient (Wildman–Crippen LogP) is 1.78. The number of benzene rings is 1. The monoisotopic (exact) mass is 371 g/mol. The van der Waals surface area contributed by atoms with Crippen molar-refractivity contribution in [2.45, 2.75) is 25.8 Å². The van der Waals surface area contributed by atoms with Crippen LogP contribution in [0.5, 0.6) is 0 Å². The van der Waals surface area contributed by atoms with Crippen LogP contribution in [0.1, 0.15) is 25.8 Å². The highest BCUT2D eigenvalue weighted by molar-refractivity contribution is 5.97. The fourth-order valence-electron chi connectivity index (χ4n) is 3.10. The molecule has 8 heteroatoms. The Morgan fingerprint density at radius 2 is 1.96 bits per heavy atom. The van der Waals surface area contributed by atoms with Gasteiger partial charge in [0.05, 0.1) is 5.41 Å². The molecule has 0 saturated carbocycles. The van der Waals surface area contributed by atoms with E-state index in [0.29, 0.717) is 37.4 Å². The van der Waals surface area contributed by atoms with Gasteiger partial charge in [-0.1, -0.05) is 6.07 Å². The average molecular weight is 371 g/mol. The molecule has 2 heterocycles. The Balaban J connectivity index is 1.66. The summed E-state index contributed by atoms with van der Waals surface area (Å²) in [5, 5.41) is 9.86. The summed E-state index contributed by atoms with van der Waals surface area (Å²) in [4.78, 5) is 25.2. The second-order valence-electron chi connectivity index (χ2n) is 6.78. The van der Waals surface area contributed by atoms with E-state index in [1.54, 1.807) is 54.3 Å². The lowest BCUT2D eigenvalue weighted by molar-refractivity contribution is -0.130. The van der Waals surface area contributed by atoms with Crippen molar-refractivity contribution in [2.75, 3.05) is 30.4 Å². The van der Waals surface area contributed by atoms with Gasteiger partial charge < -0.3 is 21.1 Å². The fourth-order valence-corrected chi connectivity index (χ4v) is 3.10. The maximum Gasteiger partial charge on any atom is 0.248 e. The zero-order valence-corrected chi connectivity index (χ0v) is 15.4. The van der Waals surface area contributed by atoms with Crippen LogP contribution >= 0.6 is 0 Å². The van der Waals surface area contributed by atoms with Crippen LogP contribution < -0.4 is 16.4 Å². The summed E-state index contributed by atoms with van der Waals surface area (Å²) >= 11 is 0. The zero-order valence-electron chi connectivity index (χ0n) is 15.4. The van der Waals surface area contributed by atoms with Crippen molar-refractivity contribution in [1.29, 1.82) is 0 Å². The predicted molar refractivity (Wildman–Crippen MR) is 102 cm³/mol. The lowest BCUT2D eigenvalue weighted by atomic mass is 9.79. The van der Waals surface area contributed by atoms with E-state index in [0.717, 1.165) is 0 Å². The van der Waals surface area contributed by atoms with Crippen molar-refractivity contribution in [1.82, 2.24) is 9.78 Å². The van der Waals surface area contributed by atoms with E-state index in [1.165, 1.54) is 0 Å². The number of nitrogens with zero attached hydrogens (tertiary/aromatic N) is 2. The minimum absolute atomic E-state index is 0.110. The van der Waals surface area contributed by atoms with Gasteiger partial charge in [-0.3, -0.25) is 14.3 Å². The maximum absolute atomic E-state index is 12.8. The van der Waals surface area contributed by atoms with Crippen molar-refractivity contribution in [3.05, 3.63) is 42.7 Å². The van der Waals surface area contributed by atoms with Gasteiger partial charge >= 0.3 is 0 Å². The standard InChI is InChI=1S/C19H25N5O3/c1-14(24-9-3-8-21-24)17(25)22-15-4-2-5-16(12-15)23-18(26)19(13-20)6-10-27-11-7-19/h2-5,8-9,12,14H,6-7,10-11,13,20H2,1H3,(H,22,25)(H,23,26). The number of ether oxygens (including phenoxy) is 1. The average Bonchev–Trinajstić information content (AvgIpc) is 3.23. The molecule has 144 valence electrons. The third-order valence-electron chi connectivity index (χ3n) is 5.01. The summed E-state index contributed by atoms with van der Waals surface area (Å²) in [7, 11) is 0.